The lowest BCUT2D eigenvalue weighted by molar-refractivity contribution is 0.561. The van der Waals surface area contributed by atoms with E-state index in [1.807, 2.05) is 0 Å². The molecule has 1 unspecified atom stereocenters. The minimum atomic E-state index is 0.330. The van der Waals surface area contributed by atoms with E-state index in [1.54, 1.807) is 0 Å². The van der Waals surface area contributed by atoms with E-state index in [-0.39, 0.29) is 0 Å². The van der Waals surface area contributed by atoms with E-state index < -0.39 is 0 Å². The number of aryl methyl sites for hydroxylation is 1. The summed E-state index contributed by atoms with van der Waals surface area (Å²) in [6.07, 6.45) is 2.08. The minimum Gasteiger partial charge on any atom is -0.353 e. The van der Waals surface area contributed by atoms with Gasteiger partial charge in [0.15, 0.2) is 0 Å². The Morgan fingerprint density at radius 3 is 2.60 bits per heavy atom. The summed E-state index contributed by atoms with van der Waals surface area (Å²) in [7, 11) is 2.08. The lowest BCUT2D eigenvalue weighted by atomic mass is 10.00. The molecule has 0 spiro atoms. The van der Waals surface area contributed by atoms with Gasteiger partial charge in [-0.25, -0.2) is 0 Å². The number of aromatic nitrogens is 1. The van der Waals surface area contributed by atoms with Crippen LogP contribution in [-0.4, -0.2) is 4.57 Å². The van der Waals surface area contributed by atoms with Crippen LogP contribution in [0.3, 0.4) is 0 Å². The fourth-order valence-corrected chi connectivity index (χ4v) is 2.68. The third-order valence-electron chi connectivity index (χ3n) is 3.93. The Bertz CT molecular complexity index is 707. The van der Waals surface area contributed by atoms with Crippen molar-refractivity contribution in [3.63, 3.8) is 0 Å². The van der Waals surface area contributed by atoms with E-state index in [0.717, 1.165) is 6.54 Å². The molecule has 0 aliphatic rings. The Balaban J connectivity index is 1.82. The Hall–Kier alpha value is -2.06. The Morgan fingerprint density at radius 1 is 1.00 bits per heavy atom. The fraction of sp³-hybridized carbons (Fsp3) is 0.222. The summed E-state index contributed by atoms with van der Waals surface area (Å²) in [5.41, 5.74) is 2.66. The highest BCUT2D eigenvalue weighted by atomic mass is 15.0. The Labute approximate surface area is 120 Å². The van der Waals surface area contributed by atoms with Crippen molar-refractivity contribution < 1.29 is 0 Å². The van der Waals surface area contributed by atoms with E-state index in [1.165, 1.54) is 22.0 Å². The molecule has 2 heteroatoms. The maximum Gasteiger partial charge on any atom is 0.0364 e. The van der Waals surface area contributed by atoms with Crippen molar-refractivity contribution in [3.05, 3.63) is 72.1 Å². The summed E-state index contributed by atoms with van der Waals surface area (Å²) >= 11 is 0. The second-order valence-corrected chi connectivity index (χ2v) is 5.28. The first-order chi connectivity index (χ1) is 9.75. The number of rotatable bonds is 4. The van der Waals surface area contributed by atoms with Crippen molar-refractivity contribution >= 4 is 10.8 Å². The van der Waals surface area contributed by atoms with Crippen LogP contribution < -0.4 is 5.32 Å². The molecule has 0 saturated carbocycles. The highest BCUT2D eigenvalue weighted by molar-refractivity contribution is 5.86. The molecule has 3 rings (SSSR count). The van der Waals surface area contributed by atoms with E-state index in [2.05, 4.69) is 84.6 Å². The van der Waals surface area contributed by atoms with Crippen LogP contribution in [0.25, 0.3) is 10.8 Å². The molecule has 0 aliphatic heterocycles. The molecular formula is C18H20N2. The molecule has 1 N–H and O–H groups in total. The zero-order valence-electron chi connectivity index (χ0n) is 12.0. The van der Waals surface area contributed by atoms with Crippen LogP contribution >= 0.6 is 0 Å². The molecule has 102 valence electrons. The maximum absolute atomic E-state index is 3.61. The number of fused-ring (bicyclic) bond motifs is 1. The van der Waals surface area contributed by atoms with Gasteiger partial charge >= 0.3 is 0 Å². The molecule has 20 heavy (non-hydrogen) atoms. The molecule has 0 fully saturated rings. The van der Waals surface area contributed by atoms with Gasteiger partial charge in [0.05, 0.1) is 0 Å². The smallest absolute Gasteiger partial charge is 0.0364 e. The lowest BCUT2D eigenvalue weighted by Gasteiger charge is -2.17. The molecule has 0 saturated heterocycles. The number of nitrogens with zero attached hydrogens (tertiary/aromatic N) is 1. The monoisotopic (exact) mass is 264 g/mol. The van der Waals surface area contributed by atoms with Crippen molar-refractivity contribution in [1.82, 2.24) is 9.88 Å². The van der Waals surface area contributed by atoms with Crippen LogP contribution in [-0.2, 0) is 13.6 Å². The number of hydrogen-bond acceptors (Lipinski definition) is 1. The molecule has 2 aromatic carbocycles. The quantitative estimate of drug-likeness (QED) is 0.753. The molecule has 3 aromatic rings. The molecule has 2 nitrogen and oxygen atoms in total. The van der Waals surface area contributed by atoms with Crippen molar-refractivity contribution in [2.75, 3.05) is 0 Å². The lowest BCUT2D eigenvalue weighted by Crippen LogP contribution is -2.19. The summed E-state index contributed by atoms with van der Waals surface area (Å²) in [5.74, 6) is 0. The molecule has 1 atom stereocenters. The second kappa shape index (κ2) is 5.51. The highest BCUT2D eigenvalue weighted by Gasteiger charge is 2.09. The van der Waals surface area contributed by atoms with E-state index in [4.69, 9.17) is 0 Å². The van der Waals surface area contributed by atoms with Crippen molar-refractivity contribution in [2.24, 2.45) is 7.05 Å². The van der Waals surface area contributed by atoms with Crippen LogP contribution in [0.5, 0.6) is 0 Å². The van der Waals surface area contributed by atoms with Gasteiger partial charge in [-0.2, -0.15) is 0 Å². The second-order valence-electron chi connectivity index (χ2n) is 5.28. The first-order valence-corrected chi connectivity index (χ1v) is 7.07. The standard InChI is InChI=1S/C18H20N2/c1-14(19-13-16-9-6-12-20(16)2)17-11-5-8-15-7-3-4-10-18(15)17/h3-12,14,19H,13H2,1-2H3. The molecule has 0 radical (unpaired) electrons. The average molecular weight is 264 g/mol. The van der Waals surface area contributed by atoms with Crippen LogP contribution in [0, 0.1) is 0 Å². The summed E-state index contributed by atoms with van der Waals surface area (Å²) in [5, 5.41) is 6.25. The zero-order valence-corrected chi connectivity index (χ0v) is 12.0. The Kier molecular flexibility index (Phi) is 3.57. The third-order valence-corrected chi connectivity index (χ3v) is 3.93. The summed E-state index contributed by atoms with van der Waals surface area (Å²) in [4.78, 5) is 0. The van der Waals surface area contributed by atoms with Gasteiger partial charge in [-0.3, -0.25) is 0 Å². The SMILES string of the molecule is CC(NCc1cccn1C)c1cccc2ccccc12. The van der Waals surface area contributed by atoms with Crippen molar-refractivity contribution in [2.45, 2.75) is 19.5 Å². The van der Waals surface area contributed by atoms with Gasteiger partial charge in [0.2, 0.25) is 0 Å². The zero-order chi connectivity index (χ0) is 13.9. The molecular weight excluding hydrogens is 244 g/mol. The Morgan fingerprint density at radius 2 is 1.80 bits per heavy atom. The topological polar surface area (TPSA) is 17.0 Å². The normalized spacial score (nSPS) is 12.7. The van der Waals surface area contributed by atoms with Crippen LogP contribution in [0.4, 0.5) is 0 Å². The average Bonchev–Trinajstić information content (AvgIpc) is 2.89. The first-order valence-electron chi connectivity index (χ1n) is 7.07. The van der Waals surface area contributed by atoms with Gasteiger partial charge < -0.3 is 9.88 Å². The van der Waals surface area contributed by atoms with Crippen molar-refractivity contribution in [3.8, 4) is 0 Å². The van der Waals surface area contributed by atoms with Crippen molar-refractivity contribution in [1.29, 1.82) is 0 Å². The van der Waals surface area contributed by atoms with E-state index in [0.29, 0.717) is 6.04 Å². The van der Waals surface area contributed by atoms with Gasteiger partial charge in [0, 0.05) is 31.5 Å². The molecule has 0 bridgehead atoms. The number of nitrogens with one attached hydrogen (secondary N) is 1. The van der Waals surface area contributed by atoms with E-state index >= 15 is 0 Å². The number of benzene rings is 2. The minimum absolute atomic E-state index is 0.330. The summed E-state index contributed by atoms with van der Waals surface area (Å²) in [6, 6.07) is 19.7. The van der Waals surface area contributed by atoms with Crippen LogP contribution in [0.1, 0.15) is 24.2 Å². The summed E-state index contributed by atoms with van der Waals surface area (Å²) in [6.45, 7) is 3.11. The van der Waals surface area contributed by atoms with Gasteiger partial charge in [0.1, 0.15) is 0 Å². The fourth-order valence-electron chi connectivity index (χ4n) is 2.68. The van der Waals surface area contributed by atoms with E-state index in [9.17, 15) is 0 Å². The van der Waals surface area contributed by atoms with Gasteiger partial charge in [0.25, 0.3) is 0 Å². The van der Waals surface area contributed by atoms with Gasteiger partial charge in [-0.05, 0) is 35.4 Å². The third kappa shape index (κ3) is 2.47. The maximum atomic E-state index is 3.61. The predicted octanol–water partition coefficient (Wildman–Crippen LogP) is 4.03. The molecule has 1 heterocycles. The number of hydrogen-bond donors (Lipinski definition) is 1. The largest absolute Gasteiger partial charge is 0.353 e. The predicted molar refractivity (Wildman–Crippen MR) is 84.6 cm³/mol. The van der Waals surface area contributed by atoms with Gasteiger partial charge in [-0.15, -0.1) is 0 Å². The van der Waals surface area contributed by atoms with Gasteiger partial charge in [-0.1, -0.05) is 42.5 Å². The summed E-state index contributed by atoms with van der Waals surface area (Å²) < 4.78 is 2.16. The highest BCUT2D eigenvalue weighted by Crippen LogP contribution is 2.24. The van der Waals surface area contributed by atoms with Crippen LogP contribution in [0.2, 0.25) is 0 Å². The van der Waals surface area contributed by atoms with Crippen LogP contribution in [0.15, 0.2) is 60.8 Å². The first kappa shape index (κ1) is 12.9. The molecule has 0 aliphatic carbocycles. The molecule has 1 aromatic heterocycles. The molecule has 0 amide bonds.